The standard InChI is InChI=1S/C15H14INO2/c1-10-6-12(16)3-4-13(10)17-8-11-2-5-14-15(7-11)19-9-18-14/h2-7,17H,8-9H2,1H3. The lowest BCUT2D eigenvalue weighted by Crippen LogP contribution is -2.01. The molecule has 3 nitrogen and oxygen atoms in total. The molecule has 0 aliphatic carbocycles. The first-order chi connectivity index (χ1) is 9.22. The highest BCUT2D eigenvalue weighted by molar-refractivity contribution is 14.1. The minimum atomic E-state index is 0.322. The van der Waals surface area contributed by atoms with E-state index in [0.29, 0.717) is 6.79 Å². The highest BCUT2D eigenvalue weighted by atomic mass is 127. The van der Waals surface area contributed by atoms with Gasteiger partial charge in [-0.1, -0.05) is 6.07 Å². The van der Waals surface area contributed by atoms with Crippen molar-refractivity contribution in [2.75, 3.05) is 12.1 Å². The van der Waals surface area contributed by atoms with Crippen LogP contribution >= 0.6 is 22.6 Å². The van der Waals surface area contributed by atoms with Crippen LogP contribution < -0.4 is 14.8 Å². The number of hydrogen-bond donors (Lipinski definition) is 1. The van der Waals surface area contributed by atoms with Gasteiger partial charge in [-0.25, -0.2) is 0 Å². The van der Waals surface area contributed by atoms with Crippen LogP contribution in [0.1, 0.15) is 11.1 Å². The van der Waals surface area contributed by atoms with Crippen LogP contribution in [0.4, 0.5) is 5.69 Å². The Labute approximate surface area is 126 Å². The molecule has 0 aromatic heterocycles. The normalized spacial score (nSPS) is 12.5. The largest absolute Gasteiger partial charge is 0.454 e. The second-order valence-electron chi connectivity index (χ2n) is 4.50. The van der Waals surface area contributed by atoms with Gasteiger partial charge in [0, 0.05) is 15.8 Å². The number of halogens is 1. The zero-order valence-corrected chi connectivity index (χ0v) is 12.7. The van der Waals surface area contributed by atoms with Crippen LogP contribution in [0.5, 0.6) is 11.5 Å². The number of ether oxygens (including phenoxy) is 2. The van der Waals surface area contributed by atoms with Crippen molar-refractivity contribution < 1.29 is 9.47 Å². The summed E-state index contributed by atoms with van der Waals surface area (Å²) in [6, 6.07) is 12.4. The van der Waals surface area contributed by atoms with Gasteiger partial charge in [-0.15, -0.1) is 0 Å². The number of benzene rings is 2. The summed E-state index contributed by atoms with van der Waals surface area (Å²) in [6.45, 7) is 3.21. The molecule has 1 heterocycles. The molecule has 0 saturated carbocycles. The molecule has 4 heteroatoms. The van der Waals surface area contributed by atoms with Gasteiger partial charge in [-0.2, -0.15) is 0 Å². The maximum Gasteiger partial charge on any atom is 0.231 e. The van der Waals surface area contributed by atoms with Gasteiger partial charge in [0.1, 0.15) is 0 Å². The molecule has 19 heavy (non-hydrogen) atoms. The molecule has 0 bridgehead atoms. The van der Waals surface area contributed by atoms with Crippen LogP contribution in [0, 0.1) is 10.5 Å². The van der Waals surface area contributed by atoms with E-state index in [0.717, 1.165) is 23.7 Å². The molecule has 98 valence electrons. The van der Waals surface area contributed by atoms with Gasteiger partial charge in [-0.3, -0.25) is 0 Å². The Morgan fingerprint density at radius 3 is 2.79 bits per heavy atom. The number of nitrogens with one attached hydrogen (secondary N) is 1. The molecular formula is C15H14INO2. The summed E-state index contributed by atoms with van der Waals surface area (Å²) >= 11 is 2.32. The highest BCUT2D eigenvalue weighted by Crippen LogP contribution is 2.32. The Morgan fingerprint density at radius 2 is 1.95 bits per heavy atom. The average molecular weight is 367 g/mol. The van der Waals surface area contributed by atoms with Crippen molar-refractivity contribution in [2.45, 2.75) is 13.5 Å². The van der Waals surface area contributed by atoms with Crippen molar-refractivity contribution in [3.8, 4) is 11.5 Å². The summed E-state index contributed by atoms with van der Waals surface area (Å²) in [5.74, 6) is 1.66. The maximum atomic E-state index is 5.38. The van der Waals surface area contributed by atoms with Gasteiger partial charge in [0.15, 0.2) is 11.5 Å². The fourth-order valence-corrected chi connectivity index (χ4v) is 2.72. The van der Waals surface area contributed by atoms with Gasteiger partial charge in [0.25, 0.3) is 0 Å². The van der Waals surface area contributed by atoms with Crippen molar-refractivity contribution in [1.82, 2.24) is 0 Å². The molecule has 3 rings (SSSR count). The van der Waals surface area contributed by atoms with E-state index in [1.807, 2.05) is 12.1 Å². The minimum absolute atomic E-state index is 0.322. The Morgan fingerprint density at radius 1 is 1.11 bits per heavy atom. The van der Waals surface area contributed by atoms with Gasteiger partial charge in [0.05, 0.1) is 0 Å². The lowest BCUT2D eigenvalue weighted by atomic mass is 10.1. The van der Waals surface area contributed by atoms with Gasteiger partial charge >= 0.3 is 0 Å². The van der Waals surface area contributed by atoms with E-state index >= 15 is 0 Å². The molecule has 2 aromatic rings. The Bertz CT molecular complexity index is 613. The Balaban J connectivity index is 1.72. The first-order valence-electron chi connectivity index (χ1n) is 6.11. The lowest BCUT2D eigenvalue weighted by Gasteiger charge is -2.10. The van der Waals surface area contributed by atoms with Gasteiger partial charge < -0.3 is 14.8 Å². The third-order valence-corrected chi connectivity index (χ3v) is 3.78. The summed E-state index contributed by atoms with van der Waals surface area (Å²) in [5.41, 5.74) is 3.60. The molecule has 1 aliphatic rings. The van der Waals surface area contributed by atoms with E-state index in [9.17, 15) is 0 Å². The van der Waals surface area contributed by atoms with E-state index in [1.165, 1.54) is 14.7 Å². The number of aryl methyl sites for hydroxylation is 1. The predicted molar refractivity (Wildman–Crippen MR) is 83.8 cm³/mol. The number of hydrogen-bond acceptors (Lipinski definition) is 3. The lowest BCUT2D eigenvalue weighted by molar-refractivity contribution is 0.174. The van der Waals surface area contributed by atoms with Crippen LogP contribution in [0.15, 0.2) is 36.4 Å². The molecule has 0 amide bonds. The van der Waals surface area contributed by atoms with E-state index in [-0.39, 0.29) is 0 Å². The van der Waals surface area contributed by atoms with Crippen molar-refractivity contribution in [3.05, 3.63) is 51.1 Å². The molecule has 0 spiro atoms. The Kier molecular flexibility index (Phi) is 3.50. The van der Waals surface area contributed by atoms with Crippen molar-refractivity contribution >= 4 is 28.3 Å². The topological polar surface area (TPSA) is 30.5 Å². The first-order valence-corrected chi connectivity index (χ1v) is 7.19. The van der Waals surface area contributed by atoms with E-state index in [2.05, 4.69) is 59.1 Å². The number of anilines is 1. The predicted octanol–water partition coefficient (Wildman–Crippen LogP) is 3.94. The van der Waals surface area contributed by atoms with Crippen LogP contribution in [-0.2, 0) is 6.54 Å². The molecule has 0 fully saturated rings. The fourth-order valence-electron chi connectivity index (χ4n) is 2.07. The molecule has 0 radical (unpaired) electrons. The summed E-state index contributed by atoms with van der Waals surface area (Å²) in [6.07, 6.45) is 0. The molecule has 1 N–H and O–H groups in total. The van der Waals surface area contributed by atoms with Crippen molar-refractivity contribution in [1.29, 1.82) is 0 Å². The second kappa shape index (κ2) is 5.28. The summed E-state index contributed by atoms with van der Waals surface area (Å²) < 4.78 is 11.9. The fraction of sp³-hybridized carbons (Fsp3) is 0.200. The van der Waals surface area contributed by atoms with Crippen molar-refractivity contribution in [2.24, 2.45) is 0 Å². The molecule has 2 aromatic carbocycles. The van der Waals surface area contributed by atoms with Crippen LogP contribution in [0.2, 0.25) is 0 Å². The molecule has 0 atom stereocenters. The zero-order valence-electron chi connectivity index (χ0n) is 10.6. The number of rotatable bonds is 3. The maximum absolute atomic E-state index is 5.38. The van der Waals surface area contributed by atoms with Crippen molar-refractivity contribution in [3.63, 3.8) is 0 Å². The summed E-state index contributed by atoms with van der Waals surface area (Å²) in [5, 5.41) is 3.45. The quantitative estimate of drug-likeness (QED) is 0.834. The minimum Gasteiger partial charge on any atom is -0.454 e. The highest BCUT2D eigenvalue weighted by Gasteiger charge is 2.12. The molecule has 0 saturated heterocycles. The zero-order chi connectivity index (χ0) is 13.2. The smallest absolute Gasteiger partial charge is 0.231 e. The van der Waals surface area contributed by atoms with Crippen LogP contribution in [0.25, 0.3) is 0 Å². The molecule has 0 unspecified atom stereocenters. The van der Waals surface area contributed by atoms with Crippen LogP contribution in [-0.4, -0.2) is 6.79 Å². The van der Waals surface area contributed by atoms with E-state index in [4.69, 9.17) is 9.47 Å². The average Bonchev–Trinajstić information content (AvgIpc) is 2.85. The third-order valence-electron chi connectivity index (χ3n) is 3.11. The monoisotopic (exact) mass is 367 g/mol. The second-order valence-corrected chi connectivity index (χ2v) is 5.75. The van der Waals surface area contributed by atoms with Gasteiger partial charge in [-0.05, 0) is 71.0 Å². The van der Waals surface area contributed by atoms with E-state index < -0.39 is 0 Å². The number of fused-ring (bicyclic) bond motifs is 1. The molecular weight excluding hydrogens is 353 g/mol. The SMILES string of the molecule is Cc1cc(I)ccc1NCc1ccc2c(c1)OCO2. The molecule has 1 aliphatic heterocycles. The Hall–Kier alpha value is -1.43. The summed E-state index contributed by atoms with van der Waals surface area (Å²) in [4.78, 5) is 0. The van der Waals surface area contributed by atoms with E-state index in [1.54, 1.807) is 0 Å². The van der Waals surface area contributed by atoms with Gasteiger partial charge in [0.2, 0.25) is 6.79 Å². The summed E-state index contributed by atoms with van der Waals surface area (Å²) in [7, 11) is 0. The first kappa shape index (κ1) is 12.6. The third kappa shape index (κ3) is 2.78. The van der Waals surface area contributed by atoms with Crippen LogP contribution in [0.3, 0.4) is 0 Å².